The van der Waals surface area contributed by atoms with Crippen molar-refractivity contribution >= 4 is 0 Å². The largest absolute Gasteiger partial charge is 0.396 e. The lowest BCUT2D eigenvalue weighted by molar-refractivity contribution is 0.166. The second kappa shape index (κ2) is 7.28. The molecule has 104 valence electrons. The van der Waals surface area contributed by atoms with Crippen molar-refractivity contribution in [3.8, 4) is 6.07 Å². The van der Waals surface area contributed by atoms with Gasteiger partial charge in [-0.05, 0) is 29.5 Å². The fourth-order valence-electron chi connectivity index (χ4n) is 2.18. The summed E-state index contributed by atoms with van der Waals surface area (Å²) in [4.78, 5) is 2.34. The molecule has 19 heavy (non-hydrogen) atoms. The predicted octanol–water partition coefficient (Wildman–Crippen LogP) is 2.79. The number of hydrogen-bond donors (Lipinski definition) is 1. The first-order chi connectivity index (χ1) is 8.94. The highest BCUT2D eigenvalue weighted by Crippen LogP contribution is 2.17. The van der Waals surface area contributed by atoms with Crippen LogP contribution in [0.3, 0.4) is 0 Å². The molecular formula is C16H24N2O. The highest BCUT2D eigenvalue weighted by atomic mass is 16.3. The number of rotatable bonds is 6. The maximum absolute atomic E-state index is 8.99. The standard InChI is InChI=1S/C16H24N2O/c1-16(2,3)13-18(8-5-9-19)12-15-7-4-6-14(10-15)11-17/h4,6-7,10,19H,5,8-9,12-13H2,1-3H3. The van der Waals surface area contributed by atoms with Gasteiger partial charge >= 0.3 is 0 Å². The quantitative estimate of drug-likeness (QED) is 0.855. The van der Waals surface area contributed by atoms with Crippen LogP contribution in [0.25, 0.3) is 0 Å². The van der Waals surface area contributed by atoms with Gasteiger partial charge in [0.25, 0.3) is 0 Å². The maximum atomic E-state index is 8.99. The summed E-state index contributed by atoms with van der Waals surface area (Å²) in [6, 6.07) is 9.91. The van der Waals surface area contributed by atoms with Crippen LogP contribution in [0.4, 0.5) is 0 Å². The lowest BCUT2D eigenvalue weighted by Gasteiger charge is -2.30. The molecule has 0 bridgehead atoms. The van der Waals surface area contributed by atoms with Gasteiger partial charge in [-0.3, -0.25) is 4.90 Å². The van der Waals surface area contributed by atoms with Gasteiger partial charge < -0.3 is 5.11 Å². The molecule has 0 saturated carbocycles. The topological polar surface area (TPSA) is 47.3 Å². The van der Waals surface area contributed by atoms with Gasteiger partial charge in [-0.15, -0.1) is 0 Å². The molecule has 0 saturated heterocycles. The third-order valence-corrected chi connectivity index (χ3v) is 2.79. The molecule has 0 fully saturated rings. The average molecular weight is 260 g/mol. The second-order valence-corrected chi connectivity index (χ2v) is 6.16. The lowest BCUT2D eigenvalue weighted by Crippen LogP contribution is -2.33. The number of hydrogen-bond acceptors (Lipinski definition) is 3. The Kier molecular flexibility index (Phi) is 6.01. The fourth-order valence-corrected chi connectivity index (χ4v) is 2.18. The summed E-state index contributed by atoms with van der Waals surface area (Å²) >= 11 is 0. The van der Waals surface area contributed by atoms with Crippen LogP contribution < -0.4 is 0 Å². The minimum atomic E-state index is 0.221. The maximum Gasteiger partial charge on any atom is 0.0991 e. The molecule has 1 aromatic carbocycles. The third-order valence-electron chi connectivity index (χ3n) is 2.79. The van der Waals surface area contributed by atoms with Gasteiger partial charge in [-0.1, -0.05) is 32.9 Å². The Balaban J connectivity index is 2.72. The van der Waals surface area contributed by atoms with Gasteiger partial charge in [0, 0.05) is 26.2 Å². The first kappa shape index (κ1) is 15.7. The summed E-state index contributed by atoms with van der Waals surface area (Å²) in [6.07, 6.45) is 0.786. The van der Waals surface area contributed by atoms with E-state index >= 15 is 0 Å². The van der Waals surface area contributed by atoms with E-state index in [9.17, 15) is 0 Å². The summed E-state index contributed by atoms with van der Waals surface area (Å²) in [7, 11) is 0. The van der Waals surface area contributed by atoms with Crippen LogP contribution in [-0.4, -0.2) is 29.7 Å². The first-order valence-electron chi connectivity index (χ1n) is 6.77. The summed E-state index contributed by atoms with van der Waals surface area (Å²) in [5.74, 6) is 0. The van der Waals surface area contributed by atoms with Gasteiger partial charge in [0.2, 0.25) is 0 Å². The first-order valence-corrected chi connectivity index (χ1v) is 6.77. The van der Waals surface area contributed by atoms with E-state index in [-0.39, 0.29) is 12.0 Å². The molecule has 0 aliphatic rings. The van der Waals surface area contributed by atoms with Crippen LogP contribution in [0, 0.1) is 16.7 Å². The molecule has 0 aliphatic heterocycles. The number of nitrogens with zero attached hydrogens (tertiary/aromatic N) is 2. The van der Waals surface area contributed by atoms with Crippen LogP contribution in [0.5, 0.6) is 0 Å². The Bertz CT molecular complexity index is 429. The minimum absolute atomic E-state index is 0.221. The van der Waals surface area contributed by atoms with Gasteiger partial charge in [0.1, 0.15) is 0 Å². The van der Waals surface area contributed by atoms with Gasteiger partial charge in [0.05, 0.1) is 11.6 Å². The van der Waals surface area contributed by atoms with Crippen molar-refractivity contribution in [1.82, 2.24) is 4.90 Å². The number of aliphatic hydroxyl groups is 1. The van der Waals surface area contributed by atoms with Crippen LogP contribution in [0.1, 0.15) is 38.3 Å². The normalized spacial score (nSPS) is 11.6. The van der Waals surface area contributed by atoms with Gasteiger partial charge in [-0.25, -0.2) is 0 Å². The molecule has 0 atom stereocenters. The molecule has 0 aliphatic carbocycles. The Morgan fingerprint density at radius 3 is 2.63 bits per heavy atom. The Morgan fingerprint density at radius 1 is 1.32 bits per heavy atom. The van der Waals surface area contributed by atoms with Gasteiger partial charge in [0.15, 0.2) is 0 Å². The number of benzene rings is 1. The van der Waals surface area contributed by atoms with Crippen molar-refractivity contribution in [2.45, 2.75) is 33.7 Å². The van der Waals surface area contributed by atoms with E-state index < -0.39 is 0 Å². The van der Waals surface area contributed by atoms with Crippen LogP contribution in [0.15, 0.2) is 24.3 Å². The zero-order chi connectivity index (χ0) is 14.3. The molecule has 0 unspecified atom stereocenters. The second-order valence-electron chi connectivity index (χ2n) is 6.16. The molecule has 0 aromatic heterocycles. The zero-order valence-corrected chi connectivity index (χ0v) is 12.2. The molecule has 0 heterocycles. The third kappa shape index (κ3) is 6.37. The van der Waals surface area contributed by atoms with Gasteiger partial charge in [-0.2, -0.15) is 5.26 Å². The molecule has 0 amide bonds. The molecule has 1 aromatic rings. The van der Waals surface area contributed by atoms with Crippen LogP contribution >= 0.6 is 0 Å². The van der Waals surface area contributed by atoms with Crippen molar-refractivity contribution in [1.29, 1.82) is 5.26 Å². The van der Waals surface area contributed by atoms with Crippen LogP contribution in [-0.2, 0) is 6.54 Å². The molecule has 1 rings (SSSR count). The molecule has 1 N–H and O–H groups in total. The van der Waals surface area contributed by atoms with E-state index in [1.807, 2.05) is 18.2 Å². The van der Waals surface area contributed by atoms with Crippen molar-refractivity contribution in [2.24, 2.45) is 5.41 Å². The Morgan fingerprint density at radius 2 is 2.05 bits per heavy atom. The molecule has 0 radical (unpaired) electrons. The summed E-state index contributed by atoms with van der Waals surface area (Å²) in [6.45, 7) is 9.54. The van der Waals surface area contributed by atoms with Crippen molar-refractivity contribution < 1.29 is 5.11 Å². The lowest BCUT2D eigenvalue weighted by atomic mass is 9.95. The molecule has 3 heteroatoms. The molecule has 0 spiro atoms. The van der Waals surface area contributed by atoms with E-state index in [4.69, 9.17) is 10.4 Å². The summed E-state index contributed by atoms with van der Waals surface area (Å²) in [5.41, 5.74) is 2.08. The highest BCUT2D eigenvalue weighted by Gasteiger charge is 2.16. The SMILES string of the molecule is CC(C)(C)CN(CCCO)Cc1cccc(C#N)c1. The van der Waals surface area contributed by atoms with Crippen molar-refractivity contribution in [2.75, 3.05) is 19.7 Å². The monoisotopic (exact) mass is 260 g/mol. The predicted molar refractivity (Wildman–Crippen MR) is 77.6 cm³/mol. The Hall–Kier alpha value is -1.37. The fraction of sp³-hybridized carbons (Fsp3) is 0.562. The smallest absolute Gasteiger partial charge is 0.0991 e. The molecular weight excluding hydrogens is 236 g/mol. The van der Waals surface area contributed by atoms with Crippen LogP contribution in [0.2, 0.25) is 0 Å². The van der Waals surface area contributed by atoms with E-state index in [2.05, 4.69) is 37.8 Å². The van der Waals surface area contributed by atoms with E-state index in [1.165, 1.54) is 0 Å². The van der Waals surface area contributed by atoms with E-state index in [1.54, 1.807) is 0 Å². The number of nitriles is 1. The summed E-state index contributed by atoms with van der Waals surface area (Å²) in [5, 5.41) is 17.9. The number of aliphatic hydroxyl groups excluding tert-OH is 1. The summed E-state index contributed by atoms with van der Waals surface area (Å²) < 4.78 is 0. The minimum Gasteiger partial charge on any atom is -0.396 e. The van der Waals surface area contributed by atoms with E-state index in [0.29, 0.717) is 5.56 Å². The zero-order valence-electron chi connectivity index (χ0n) is 12.2. The van der Waals surface area contributed by atoms with E-state index in [0.717, 1.165) is 31.6 Å². The van der Waals surface area contributed by atoms with Crippen molar-refractivity contribution in [3.05, 3.63) is 35.4 Å². The Labute approximate surface area is 116 Å². The average Bonchev–Trinajstić information content (AvgIpc) is 2.34. The van der Waals surface area contributed by atoms with Crippen molar-refractivity contribution in [3.63, 3.8) is 0 Å². The highest BCUT2D eigenvalue weighted by molar-refractivity contribution is 5.32. The molecule has 3 nitrogen and oxygen atoms in total.